The minimum atomic E-state index is -4.66. The molecule has 1 aliphatic heterocycles. The van der Waals surface area contributed by atoms with E-state index < -0.39 is 64.4 Å². The molecule has 8 nitrogen and oxygen atoms in total. The number of hydrogen-bond acceptors (Lipinski definition) is 4. The first-order valence-electron chi connectivity index (χ1n) is 11.7. The number of rotatable bonds is 6. The van der Waals surface area contributed by atoms with Crippen LogP contribution < -0.4 is 16.0 Å². The molecule has 0 saturated carbocycles. The SMILES string of the molecule is O=C1NC(=O)[C@@](CNC(=O)c2ccc(F)c(F)c2-c2ccc(C(F)(F)F)cc2)(c2ccnn2-c2ccccc2)N1. The van der Waals surface area contributed by atoms with Crippen molar-refractivity contribution < 1.29 is 36.3 Å². The van der Waals surface area contributed by atoms with E-state index in [4.69, 9.17) is 0 Å². The number of hydrogen-bond donors (Lipinski definition) is 3. The zero-order valence-corrected chi connectivity index (χ0v) is 20.2. The van der Waals surface area contributed by atoms with Crippen LogP contribution >= 0.6 is 0 Å². The highest BCUT2D eigenvalue weighted by molar-refractivity contribution is 6.08. The van der Waals surface area contributed by atoms with Crippen LogP contribution in [0.2, 0.25) is 0 Å². The molecule has 4 aromatic rings. The molecule has 1 aliphatic rings. The van der Waals surface area contributed by atoms with Crippen LogP contribution in [-0.2, 0) is 16.5 Å². The Labute approximate surface area is 222 Å². The third kappa shape index (κ3) is 4.65. The highest BCUT2D eigenvalue weighted by atomic mass is 19.4. The molecule has 2 heterocycles. The van der Waals surface area contributed by atoms with Gasteiger partial charge in [0.05, 0.1) is 29.1 Å². The molecule has 1 atom stereocenters. The van der Waals surface area contributed by atoms with Crippen molar-refractivity contribution >= 4 is 17.8 Å². The van der Waals surface area contributed by atoms with Crippen molar-refractivity contribution in [3.8, 4) is 16.8 Å². The van der Waals surface area contributed by atoms with E-state index in [-0.39, 0.29) is 11.3 Å². The molecule has 5 rings (SSSR count). The van der Waals surface area contributed by atoms with Gasteiger partial charge >= 0.3 is 12.2 Å². The number of para-hydroxylation sites is 1. The Balaban J connectivity index is 1.50. The van der Waals surface area contributed by atoms with Gasteiger partial charge in [-0.05, 0) is 48.0 Å². The Kier molecular flexibility index (Phi) is 6.57. The minimum Gasteiger partial charge on any atom is -0.349 e. The zero-order chi connectivity index (χ0) is 28.7. The van der Waals surface area contributed by atoms with E-state index in [1.165, 1.54) is 16.9 Å². The molecule has 0 bridgehead atoms. The van der Waals surface area contributed by atoms with Crippen LogP contribution in [0.3, 0.4) is 0 Å². The summed E-state index contributed by atoms with van der Waals surface area (Å²) in [7, 11) is 0. The second-order valence-corrected chi connectivity index (χ2v) is 8.82. The van der Waals surface area contributed by atoms with E-state index in [1.807, 2.05) is 0 Å². The van der Waals surface area contributed by atoms with Gasteiger partial charge in [0.2, 0.25) is 0 Å². The molecule has 0 spiro atoms. The Bertz CT molecular complexity index is 1620. The molecular weight excluding hydrogens is 537 g/mol. The van der Waals surface area contributed by atoms with Crippen LogP contribution in [0.25, 0.3) is 16.8 Å². The van der Waals surface area contributed by atoms with Crippen LogP contribution in [0, 0.1) is 11.6 Å². The van der Waals surface area contributed by atoms with Crippen molar-refractivity contribution in [1.29, 1.82) is 0 Å². The maximum Gasteiger partial charge on any atom is 0.416 e. The van der Waals surface area contributed by atoms with Crippen molar-refractivity contribution in [2.75, 3.05) is 6.54 Å². The van der Waals surface area contributed by atoms with E-state index in [9.17, 15) is 36.3 Å². The third-order valence-corrected chi connectivity index (χ3v) is 6.38. The monoisotopic (exact) mass is 555 g/mol. The first-order valence-corrected chi connectivity index (χ1v) is 11.7. The molecule has 1 aromatic heterocycles. The van der Waals surface area contributed by atoms with Crippen molar-refractivity contribution in [2.45, 2.75) is 11.7 Å². The Morgan fingerprint density at radius 1 is 0.950 bits per heavy atom. The predicted molar refractivity (Wildman–Crippen MR) is 131 cm³/mol. The van der Waals surface area contributed by atoms with E-state index in [1.54, 1.807) is 30.3 Å². The van der Waals surface area contributed by atoms with Gasteiger partial charge in [-0.15, -0.1) is 0 Å². The van der Waals surface area contributed by atoms with Crippen LogP contribution in [0.1, 0.15) is 21.6 Å². The molecular formula is C27H18F5N5O3. The van der Waals surface area contributed by atoms with Gasteiger partial charge in [-0.25, -0.2) is 18.3 Å². The van der Waals surface area contributed by atoms with E-state index in [0.717, 1.165) is 18.2 Å². The van der Waals surface area contributed by atoms with Gasteiger partial charge in [-0.3, -0.25) is 14.9 Å². The fraction of sp³-hybridized carbons (Fsp3) is 0.111. The molecule has 3 aromatic carbocycles. The number of nitrogens with one attached hydrogen (secondary N) is 3. The average Bonchev–Trinajstić information content (AvgIpc) is 3.53. The summed E-state index contributed by atoms with van der Waals surface area (Å²) in [6.45, 7) is -0.534. The number of amides is 4. The number of nitrogens with zero attached hydrogens (tertiary/aromatic N) is 2. The van der Waals surface area contributed by atoms with Crippen LogP contribution in [-0.4, -0.2) is 34.2 Å². The number of carbonyl (C=O) groups is 3. The summed E-state index contributed by atoms with van der Waals surface area (Å²) in [5, 5.41) is 11.3. The normalized spacial score (nSPS) is 16.9. The third-order valence-electron chi connectivity index (χ3n) is 6.38. The van der Waals surface area contributed by atoms with Crippen molar-refractivity contribution in [1.82, 2.24) is 25.7 Å². The number of benzene rings is 3. The average molecular weight is 555 g/mol. The molecule has 4 amide bonds. The van der Waals surface area contributed by atoms with Gasteiger partial charge in [0, 0.05) is 11.8 Å². The number of carbonyl (C=O) groups excluding carboxylic acids is 3. The summed E-state index contributed by atoms with van der Waals surface area (Å²) in [4.78, 5) is 38.5. The molecule has 1 fully saturated rings. The maximum atomic E-state index is 14.9. The number of halogens is 5. The zero-order valence-electron chi connectivity index (χ0n) is 20.2. The van der Waals surface area contributed by atoms with E-state index in [2.05, 4.69) is 21.0 Å². The number of imide groups is 1. The lowest BCUT2D eigenvalue weighted by Crippen LogP contribution is -2.53. The first kappa shape index (κ1) is 26.5. The molecule has 204 valence electrons. The highest BCUT2D eigenvalue weighted by Crippen LogP contribution is 2.34. The minimum absolute atomic E-state index is 0.182. The predicted octanol–water partition coefficient (Wildman–Crippen LogP) is 4.30. The largest absolute Gasteiger partial charge is 0.416 e. The van der Waals surface area contributed by atoms with Crippen LogP contribution in [0.5, 0.6) is 0 Å². The molecule has 3 N–H and O–H groups in total. The van der Waals surface area contributed by atoms with Crippen LogP contribution in [0.4, 0.5) is 26.7 Å². The molecule has 0 radical (unpaired) electrons. The van der Waals surface area contributed by atoms with Gasteiger partial charge in [0.25, 0.3) is 11.8 Å². The summed E-state index contributed by atoms with van der Waals surface area (Å²) in [5.41, 5.74) is -3.28. The lowest BCUT2D eigenvalue weighted by Gasteiger charge is -2.27. The van der Waals surface area contributed by atoms with Gasteiger partial charge < -0.3 is 10.6 Å². The summed E-state index contributed by atoms with van der Waals surface area (Å²) in [6, 6.07) is 14.1. The standard InChI is InChI=1S/C27H18F5N5O3/c28-19-11-10-18(21(22(19)29)15-6-8-16(9-7-15)27(30,31)32)23(38)33-14-26(24(39)35-25(40)36-26)20-12-13-34-37(20)17-4-2-1-3-5-17/h1-13H,14H2,(H,33,38)(H2,35,36,39,40)/t26-/m1/s1. The highest BCUT2D eigenvalue weighted by Gasteiger charge is 2.50. The molecule has 1 saturated heterocycles. The van der Waals surface area contributed by atoms with Crippen LogP contribution in [0.15, 0.2) is 79.0 Å². The fourth-order valence-corrected chi connectivity index (χ4v) is 4.44. The van der Waals surface area contributed by atoms with E-state index >= 15 is 0 Å². The first-order chi connectivity index (χ1) is 19.0. The van der Waals surface area contributed by atoms with E-state index in [0.29, 0.717) is 23.9 Å². The van der Waals surface area contributed by atoms with Crippen molar-refractivity contribution in [3.05, 3.63) is 107 Å². The fourth-order valence-electron chi connectivity index (χ4n) is 4.44. The number of urea groups is 1. The molecule has 0 unspecified atom stereocenters. The van der Waals surface area contributed by atoms with Crippen molar-refractivity contribution in [3.63, 3.8) is 0 Å². The number of aromatic nitrogens is 2. The summed E-state index contributed by atoms with van der Waals surface area (Å²) >= 11 is 0. The second-order valence-electron chi connectivity index (χ2n) is 8.82. The van der Waals surface area contributed by atoms with Gasteiger partial charge in [0.1, 0.15) is 0 Å². The van der Waals surface area contributed by atoms with Gasteiger partial charge in [0.15, 0.2) is 17.2 Å². The van der Waals surface area contributed by atoms with Gasteiger partial charge in [-0.2, -0.15) is 18.3 Å². The molecule has 13 heteroatoms. The number of alkyl halides is 3. The quantitative estimate of drug-likeness (QED) is 0.244. The lowest BCUT2D eigenvalue weighted by molar-refractivity contribution is -0.137. The molecule has 0 aliphatic carbocycles. The smallest absolute Gasteiger partial charge is 0.349 e. The lowest BCUT2D eigenvalue weighted by atomic mass is 9.93. The summed E-state index contributed by atoms with van der Waals surface area (Å²) in [5.74, 6) is -4.55. The molecule has 40 heavy (non-hydrogen) atoms. The summed E-state index contributed by atoms with van der Waals surface area (Å²) < 4.78 is 69.5. The topological polar surface area (TPSA) is 105 Å². The Morgan fingerprint density at radius 2 is 1.65 bits per heavy atom. The Hall–Kier alpha value is -5.07. The Morgan fingerprint density at radius 3 is 2.27 bits per heavy atom. The second kappa shape index (κ2) is 9.91. The summed E-state index contributed by atoms with van der Waals surface area (Å²) in [6.07, 6.45) is -3.27. The maximum absolute atomic E-state index is 14.9. The van der Waals surface area contributed by atoms with Crippen molar-refractivity contribution in [2.24, 2.45) is 0 Å². The van der Waals surface area contributed by atoms with Gasteiger partial charge in [-0.1, -0.05) is 30.3 Å².